The molecule has 0 aliphatic carbocycles. The summed E-state index contributed by atoms with van der Waals surface area (Å²) in [6.07, 6.45) is 2.70. The molecule has 21 heavy (non-hydrogen) atoms. The van der Waals surface area contributed by atoms with Gasteiger partial charge in [-0.25, -0.2) is 0 Å². The van der Waals surface area contributed by atoms with Crippen LogP contribution in [0.25, 0.3) is 0 Å². The minimum absolute atomic E-state index is 0.0418. The summed E-state index contributed by atoms with van der Waals surface area (Å²) < 4.78 is 5.78. The van der Waals surface area contributed by atoms with Crippen molar-refractivity contribution in [3.05, 3.63) is 29.8 Å². The Bertz CT molecular complexity index is 479. The van der Waals surface area contributed by atoms with Crippen molar-refractivity contribution in [1.82, 2.24) is 5.32 Å². The first-order valence-corrected chi connectivity index (χ1v) is 7.73. The zero-order valence-corrected chi connectivity index (χ0v) is 13.3. The molecule has 2 rings (SSSR count). The van der Waals surface area contributed by atoms with Gasteiger partial charge in [0.25, 0.3) is 0 Å². The molecule has 1 heterocycles. The number of hydrogen-bond donors (Lipinski definition) is 2. The average molecular weight is 290 g/mol. The Kier molecular flexibility index (Phi) is 5.37. The van der Waals surface area contributed by atoms with Crippen molar-refractivity contribution < 1.29 is 9.53 Å². The highest BCUT2D eigenvalue weighted by molar-refractivity contribution is 5.88. The SMILES string of the molecule is CC(=O)Nc1cccc(C(C)NC2CC(C)OC(C)C2)c1. The Morgan fingerprint density at radius 3 is 2.57 bits per heavy atom. The van der Waals surface area contributed by atoms with Crippen molar-refractivity contribution in [3.8, 4) is 0 Å². The van der Waals surface area contributed by atoms with Crippen molar-refractivity contribution in [3.63, 3.8) is 0 Å². The van der Waals surface area contributed by atoms with Gasteiger partial charge in [0.2, 0.25) is 5.91 Å². The molecule has 2 N–H and O–H groups in total. The summed E-state index contributed by atoms with van der Waals surface area (Å²) in [5.41, 5.74) is 2.04. The fourth-order valence-corrected chi connectivity index (χ4v) is 3.08. The van der Waals surface area contributed by atoms with Crippen molar-refractivity contribution >= 4 is 11.6 Å². The highest BCUT2D eigenvalue weighted by Crippen LogP contribution is 2.23. The van der Waals surface area contributed by atoms with E-state index in [0.29, 0.717) is 18.2 Å². The maximum Gasteiger partial charge on any atom is 0.221 e. The quantitative estimate of drug-likeness (QED) is 0.895. The van der Waals surface area contributed by atoms with Gasteiger partial charge in [0, 0.05) is 24.7 Å². The summed E-state index contributed by atoms with van der Waals surface area (Å²) in [4.78, 5) is 11.1. The van der Waals surface area contributed by atoms with E-state index in [1.807, 2.05) is 18.2 Å². The molecule has 1 aromatic carbocycles. The van der Waals surface area contributed by atoms with Crippen LogP contribution in [0.1, 0.15) is 52.1 Å². The second-order valence-corrected chi connectivity index (χ2v) is 6.12. The molecule has 0 aromatic heterocycles. The zero-order chi connectivity index (χ0) is 15.4. The van der Waals surface area contributed by atoms with Crippen molar-refractivity contribution in [1.29, 1.82) is 0 Å². The van der Waals surface area contributed by atoms with Crippen LogP contribution >= 0.6 is 0 Å². The van der Waals surface area contributed by atoms with Crippen molar-refractivity contribution in [2.75, 3.05) is 5.32 Å². The van der Waals surface area contributed by atoms with E-state index in [0.717, 1.165) is 18.5 Å². The molecule has 1 fully saturated rings. The Labute approximate surface area is 127 Å². The molecule has 1 aliphatic heterocycles. The third-order valence-electron chi connectivity index (χ3n) is 3.89. The predicted molar refractivity (Wildman–Crippen MR) is 85.3 cm³/mol. The zero-order valence-electron chi connectivity index (χ0n) is 13.3. The van der Waals surface area contributed by atoms with Gasteiger partial charge in [-0.1, -0.05) is 12.1 Å². The first kappa shape index (κ1) is 16.0. The van der Waals surface area contributed by atoms with Crippen LogP contribution in [0, 0.1) is 0 Å². The van der Waals surface area contributed by atoms with Crippen molar-refractivity contribution in [2.45, 2.75) is 64.8 Å². The molecule has 0 spiro atoms. The first-order chi connectivity index (χ1) is 9.94. The van der Waals surface area contributed by atoms with Gasteiger partial charge in [-0.2, -0.15) is 0 Å². The van der Waals surface area contributed by atoms with Crippen LogP contribution in [0.2, 0.25) is 0 Å². The molecule has 3 atom stereocenters. The van der Waals surface area contributed by atoms with Gasteiger partial charge in [-0.05, 0) is 51.3 Å². The summed E-state index contributed by atoms with van der Waals surface area (Å²) in [6, 6.07) is 8.74. The van der Waals surface area contributed by atoms with Gasteiger partial charge in [-0.3, -0.25) is 4.79 Å². The summed E-state index contributed by atoms with van der Waals surface area (Å²) >= 11 is 0. The number of benzene rings is 1. The summed E-state index contributed by atoms with van der Waals surface area (Å²) in [5.74, 6) is -0.0418. The lowest BCUT2D eigenvalue weighted by atomic mass is 9.97. The molecular weight excluding hydrogens is 264 g/mol. The monoisotopic (exact) mass is 290 g/mol. The number of carbonyl (C=O) groups is 1. The Morgan fingerprint density at radius 2 is 1.95 bits per heavy atom. The second kappa shape index (κ2) is 7.05. The highest BCUT2D eigenvalue weighted by atomic mass is 16.5. The van der Waals surface area contributed by atoms with Gasteiger partial charge in [0.15, 0.2) is 0 Å². The Hall–Kier alpha value is -1.39. The van der Waals surface area contributed by atoms with Gasteiger partial charge in [0.05, 0.1) is 12.2 Å². The highest BCUT2D eigenvalue weighted by Gasteiger charge is 2.25. The van der Waals surface area contributed by atoms with E-state index in [9.17, 15) is 4.79 Å². The first-order valence-electron chi connectivity index (χ1n) is 7.73. The van der Waals surface area contributed by atoms with E-state index in [1.165, 1.54) is 12.5 Å². The lowest BCUT2D eigenvalue weighted by Gasteiger charge is -2.34. The van der Waals surface area contributed by atoms with E-state index >= 15 is 0 Å². The standard InChI is InChI=1S/C17H26N2O2/c1-11-8-17(9-12(2)21-11)18-13(3)15-6-5-7-16(10-15)19-14(4)20/h5-7,10-13,17-18H,8-9H2,1-4H3,(H,19,20). The van der Waals surface area contributed by atoms with Crippen LogP contribution in [0.3, 0.4) is 0 Å². The summed E-state index contributed by atoms with van der Waals surface area (Å²) in [5, 5.41) is 6.51. The molecule has 4 heteroatoms. The van der Waals surface area contributed by atoms with Crippen LogP contribution in [-0.2, 0) is 9.53 Å². The molecule has 0 radical (unpaired) electrons. The predicted octanol–water partition coefficient (Wildman–Crippen LogP) is 3.25. The lowest BCUT2D eigenvalue weighted by Crippen LogP contribution is -2.42. The normalized spacial score (nSPS) is 27.1. The fraction of sp³-hybridized carbons (Fsp3) is 0.588. The molecule has 4 nitrogen and oxygen atoms in total. The molecule has 1 aromatic rings. The minimum atomic E-state index is -0.0418. The minimum Gasteiger partial charge on any atom is -0.375 e. The fourth-order valence-electron chi connectivity index (χ4n) is 3.08. The second-order valence-electron chi connectivity index (χ2n) is 6.12. The van der Waals surface area contributed by atoms with Gasteiger partial charge in [-0.15, -0.1) is 0 Å². The third kappa shape index (κ3) is 4.83. The molecule has 1 amide bonds. The average Bonchev–Trinajstić information content (AvgIpc) is 2.36. The van der Waals surface area contributed by atoms with Crippen LogP contribution in [0.15, 0.2) is 24.3 Å². The Morgan fingerprint density at radius 1 is 1.29 bits per heavy atom. The summed E-state index contributed by atoms with van der Waals surface area (Å²) in [6.45, 7) is 7.95. The third-order valence-corrected chi connectivity index (χ3v) is 3.89. The van der Waals surface area contributed by atoms with E-state index in [4.69, 9.17) is 4.74 Å². The molecule has 1 aliphatic rings. The smallest absolute Gasteiger partial charge is 0.221 e. The molecule has 1 saturated heterocycles. The van der Waals surface area contributed by atoms with E-state index in [2.05, 4.69) is 37.5 Å². The number of nitrogens with one attached hydrogen (secondary N) is 2. The van der Waals surface area contributed by atoms with Crippen LogP contribution in [0.4, 0.5) is 5.69 Å². The summed E-state index contributed by atoms with van der Waals surface area (Å²) in [7, 11) is 0. The number of anilines is 1. The molecule has 116 valence electrons. The van der Waals surface area contributed by atoms with Crippen molar-refractivity contribution in [2.24, 2.45) is 0 Å². The Balaban J connectivity index is 1.99. The van der Waals surface area contributed by atoms with Gasteiger partial charge >= 0.3 is 0 Å². The number of carbonyl (C=O) groups excluding carboxylic acids is 1. The molecular formula is C17H26N2O2. The number of ether oxygens (including phenoxy) is 1. The van der Waals surface area contributed by atoms with Crippen LogP contribution in [0.5, 0.6) is 0 Å². The maximum absolute atomic E-state index is 11.1. The number of hydrogen-bond acceptors (Lipinski definition) is 3. The van der Waals surface area contributed by atoms with Crippen LogP contribution in [-0.4, -0.2) is 24.2 Å². The van der Waals surface area contributed by atoms with E-state index < -0.39 is 0 Å². The maximum atomic E-state index is 11.1. The number of amides is 1. The van der Waals surface area contributed by atoms with Gasteiger partial charge in [0.1, 0.15) is 0 Å². The van der Waals surface area contributed by atoms with E-state index in [-0.39, 0.29) is 11.9 Å². The topological polar surface area (TPSA) is 50.4 Å². The van der Waals surface area contributed by atoms with Crippen LogP contribution < -0.4 is 10.6 Å². The number of rotatable bonds is 4. The van der Waals surface area contributed by atoms with E-state index in [1.54, 1.807) is 0 Å². The molecule has 0 bridgehead atoms. The molecule has 3 unspecified atom stereocenters. The molecule has 0 saturated carbocycles. The largest absolute Gasteiger partial charge is 0.375 e. The lowest BCUT2D eigenvalue weighted by molar-refractivity contribution is -0.114. The van der Waals surface area contributed by atoms with Gasteiger partial charge < -0.3 is 15.4 Å².